The standard InChI is InChI=1S/C9H10ClNO4S/c1-4(12)6(9(14)15)11-8(13)7-5(10)2-3-16-7/h2-4,6,12H,1H3,(H,11,13)(H,14,15). The molecule has 2 atom stereocenters. The molecule has 5 nitrogen and oxygen atoms in total. The van der Waals surface area contributed by atoms with Crippen LogP contribution in [0.2, 0.25) is 5.02 Å². The van der Waals surface area contributed by atoms with Crippen molar-refractivity contribution < 1.29 is 19.8 Å². The Balaban J connectivity index is 2.77. The maximum atomic E-state index is 11.6. The minimum atomic E-state index is -1.34. The van der Waals surface area contributed by atoms with Gasteiger partial charge in [-0.05, 0) is 18.4 Å². The molecule has 88 valence electrons. The number of amides is 1. The van der Waals surface area contributed by atoms with Gasteiger partial charge in [0, 0.05) is 0 Å². The molecular weight excluding hydrogens is 254 g/mol. The summed E-state index contributed by atoms with van der Waals surface area (Å²) in [6, 6.07) is 0.199. The molecule has 16 heavy (non-hydrogen) atoms. The molecule has 1 heterocycles. The maximum absolute atomic E-state index is 11.6. The van der Waals surface area contributed by atoms with Crippen LogP contribution in [0.25, 0.3) is 0 Å². The van der Waals surface area contributed by atoms with Crippen LogP contribution < -0.4 is 5.32 Å². The number of aliphatic hydroxyl groups is 1. The largest absolute Gasteiger partial charge is 0.480 e. The van der Waals surface area contributed by atoms with Crippen LogP contribution in [0.5, 0.6) is 0 Å². The fourth-order valence-corrected chi connectivity index (χ4v) is 2.10. The van der Waals surface area contributed by atoms with E-state index in [-0.39, 0.29) is 9.90 Å². The molecule has 0 radical (unpaired) electrons. The van der Waals surface area contributed by atoms with Gasteiger partial charge in [-0.15, -0.1) is 11.3 Å². The first-order chi connectivity index (χ1) is 7.43. The first kappa shape index (κ1) is 13.0. The molecule has 0 fully saturated rings. The molecule has 0 aliphatic heterocycles. The third-order valence-electron chi connectivity index (χ3n) is 1.86. The number of carboxylic acids is 1. The van der Waals surface area contributed by atoms with Crippen LogP contribution in [0, 0.1) is 0 Å². The Morgan fingerprint density at radius 2 is 2.19 bits per heavy atom. The molecule has 1 rings (SSSR count). The number of hydrogen-bond donors (Lipinski definition) is 3. The van der Waals surface area contributed by atoms with E-state index >= 15 is 0 Å². The van der Waals surface area contributed by atoms with Gasteiger partial charge >= 0.3 is 5.97 Å². The lowest BCUT2D eigenvalue weighted by atomic mass is 10.2. The van der Waals surface area contributed by atoms with Crippen LogP contribution in [-0.4, -0.2) is 34.2 Å². The zero-order chi connectivity index (χ0) is 12.3. The Bertz CT molecular complexity index is 404. The van der Waals surface area contributed by atoms with E-state index in [0.717, 1.165) is 11.3 Å². The first-order valence-electron chi connectivity index (χ1n) is 4.38. The number of carboxylic acid groups (broad SMARTS) is 1. The fraction of sp³-hybridized carbons (Fsp3) is 0.333. The molecule has 0 spiro atoms. The number of nitrogens with one attached hydrogen (secondary N) is 1. The number of carbonyl (C=O) groups excluding carboxylic acids is 1. The quantitative estimate of drug-likeness (QED) is 0.755. The third-order valence-corrected chi connectivity index (χ3v) is 3.20. The van der Waals surface area contributed by atoms with Gasteiger partial charge in [0.15, 0.2) is 6.04 Å². The molecule has 2 unspecified atom stereocenters. The van der Waals surface area contributed by atoms with Crippen molar-refractivity contribution in [1.82, 2.24) is 5.32 Å². The van der Waals surface area contributed by atoms with Crippen LogP contribution in [0.15, 0.2) is 11.4 Å². The number of aliphatic hydroxyl groups excluding tert-OH is 1. The van der Waals surface area contributed by atoms with Crippen molar-refractivity contribution in [2.45, 2.75) is 19.1 Å². The summed E-state index contributed by atoms with van der Waals surface area (Å²) >= 11 is 6.82. The summed E-state index contributed by atoms with van der Waals surface area (Å²) in [7, 11) is 0. The molecule has 0 bridgehead atoms. The highest BCUT2D eigenvalue weighted by Crippen LogP contribution is 2.21. The Kier molecular flexibility index (Phi) is 4.28. The van der Waals surface area contributed by atoms with Crippen molar-refractivity contribution in [3.63, 3.8) is 0 Å². The summed E-state index contributed by atoms with van der Waals surface area (Å²) in [5.74, 6) is -1.90. The fourth-order valence-electron chi connectivity index (χ4n) is 1.05. The summed E-state index contributed by atoms with van der Waals surface area (Å²) in [6.45, 7) is 1.29. The van der Waals surface area contributed by atoms with Gasteiger partial charge in [-0.1, -0.05) is 11.6 Å². The number of halogens is 1. The van der Waals surface area contributed by atoms with Gasteiger partial charge in [-0.2, -0.15) is 0 Å². The molecule has 0 saturated heterocycles. The highest BCUT2D eigenvalue weighted by molar-refractivity contribution is 7.12. The Morgan fingerprint density at radius 3 is 2.56 bits per heavy atom. The highest BCUT2D eigenvalue weighted by Gasteiger charge is 2.26. The minimum Gasteiger partial charge on any atom is -0.480 e. The predicted molar refractivity (Wildman–Crippen MR) is 59.9 cm³/mol. The number of rotatable bonds is 4. The van der Waals surface area contributed by atoms with E-state index in [1.807, 2.05) is 0 Å². The number of aliphatic carboxylic acids is 1. The van der Waals surface area contributed by atoms with Crippen molar-refractivity contribution in [3.05, 3.63) is 21.3 Å². The molecule has 0 aliphatic rings. The van der Waals surface area contributed by atoms with Crippen molar-refractivity contribution >= 4 is 34.8 Å². The third kappa shape index (κ3) is 2.94. The van der Waals surface area contributed by atoms with Crippen molar-refractivity contribution in [3.8, 4) is 0 Å². The van der Waals surface area contributed by atoms with E-state index < -0.39 is 24.0 Å². The molecule has 0 aliphatic carbocycles. The number of thiophene rings is 1. The van der Waals surface area contributed by atoms with E-state index in [9.17, 15) is 14.7 Å². The van der Waals surface area contributed by atoms with Crippen LogP contribution in [0.1, 0.15) is 16.6 Å². The molecule has 7 heteroatoms. The summed E-state index contributed by atoms with van der Waals surface area (Å²) in [6.07, 6.45) is -1.18. The zero-order valence-corrected chi connectivity index (χ0v) is 9.88. The zero-order valence-electron chi connectivity index (χ0n) is 8.31. The second-order valence-corrected chi connectivity index (χ2v) is 4.45. The van der Waals surface area contributed by atoms with Gasteiger partial charge in [0.25, 0.3) is 5.91 Å². The lowest BCUT2D eigenvalue weighted by Crippen LogP contribution is -2.47. The van der Waals surface area contributed by atoms with Crippen LogP contribution in [0.3, 0.4) is 0 Å². The van der Waals surface area contributed by atoms with Crippen molar-refractivity contribution in [1.29, 1.82) is 0 Å². The molecule has 1 aromatic rings. The summed E-state index contributed by atoms with van der Waals surface area (Å²) in [4.78, 5) is 22.5. The van der Waals surface area contributed by atoms with Crippen LogP contribution >= 0.6 is 22.9 Å². The lowest BCUT2D eigenvalue weighted by Gasteiger charge is -2.16. The summed E-state index contributed by atoms with van der Waals surface area (Å²) in [5.41, 5.74) is 0. The average molecular weight is 264 g/mol. The smallest absolute Gasteiger partial charge is 0.328 e. The molecular formula is C9H10ClNO4S. The van der Waals surface area contributed by atoms with E-state index in [4.69, 9.17) is 16.7 Å². The van der Waals surface area contributed by atoms with Crippen LogP contribution in [0.4, 0.5) is 0 Å². The van der Waals surface area contributed by atoms with Crippen molar-refractivity contribution in [2.75, 3.05) is 0 Å². The normalized spacial score (nSPS) is 14.2. The van der Waals surface area contributed by atoms with Crippen LogP contribution in [-0.2, 0) is 4.79 Å². The van der Waals surface area contributed by atoms with Gasteiger partial charge in [0.05, 0.1) is 11.1 Å². The van der Waals surface area contributed by atoms with Gasteiger partial charge in [-0.3, -0.25) is 4.79 Å². The highest BCUT2D eigenvalue weighted by atomic mass is 35.5. The van der Waals surface area contributed by atoms with Gasteiger partial charge in [0.2, 0.25) is 0 Å². The minimum absolute atomic E-state index is 0.230. The van der Waals surface area contributed by atoms with Gasteiger partial charge < -0.3 is 15.5 Å². The number of carbonyl (C=O) groups is 2. The molecule has 3 N–H and O–H groups in total. The monoisotopic (exact) mass is 263 g/mol. The SMILES string of the molecule is CC(O)C(NC(=O)c1sccc1Cl)C(=O)O. The molecule has 1 amide bonds. The molecule has 0 saturated carbocycles. The van der Waals surface area contributed by atoms with Gasteiger partial charge in [-0.25, -0.2) is 4.79 Å². The topological polar surface area (TPSA) is 86.6 Å². The van der Waals surface area contributed by atoms with Gasteiger partial charge in [0.1, 0.15) is 4.88 Å². The maximum Gasteiger partial charge on any atom is 0.328 e. The predicted octanol–water partition coefficient (Wildman–Crippen LogP) is 0.965. The Labute approximate surface area is 101 Å². The van der Waals surface area contributed by atoms with E-state index in [1.54, 1.807) is 11.4 Å². The molecule has 1 aromatic heterocycles. The van der Waals surface area contributed by atoms with E-state index in [0.29, 0.717) is 0 Å². The van der Waals surface area contributed by atoms with E-state index in [2.05, 4.69) is 5.32 Å². The summed E-state index contributed by atoms with van der Waals surface area (Å²) in [5, 5.41) is 22.0. The second-order valence-electron chi connectivity index (χ2n) is 3.13. The lowest BCUT2D eigenvalue weighted by molar-refractivity contribution is -0.141. The van der Waals surface area contributed by atoms with E-state index in [1.165, 1.54) is 6.92 Å². The second kappa shape index (κ2) is 5.29. The average Bonchev–Trinajstić information content (AvgIpc) is 2.59. The Morgan fingerprint density at radius 1 is 1.56 bits per heavy atom. The van der Waals surface area contributed by atoms with Crippen molar-refractivity contribution in [2.24, 2.45) is 0 Å². The summed E-state index contributed by atoms with van der Waals surface area (Å²) < 4.78 is 0. The Hall–Kier alpha value is -1.11. The first-order valence-corrected chi connectivity index (χ1v) is 5.64. The molecule has 0 aromatic carbocycles. The number of hydrogen-bond acceptors (Lipinski definition) is 4.